The Morgan fingerprint density at radius 2 is 1.78 bits per heavy atom. The molecule has 1 heterocycles. The summed E-state index contributed by atoms with van der Waals surface area (Å²) in [7, 11) is 0. The molecule has 1 aliphatic rings. The third-order valence-corrected chi connectivity index (χ3v) is 3.96. The van der Waals surface area contributed by atoms with Crippen molar-refractivity contribution in [2.45, 2.75) is 25.5 Å². The summed E-state index contributed by atoms with van der Waals surface area (Å²) >= 11 is 0. The zero-order valence-electron chi connectivity index (χ0n) is 13.0. The fourth-order valence-corrected chi connectivity index (χ4v) is 2.48. The van der Waals surface area contributed by atoms with E-state index < -0.39 is 17.4 Å². The number of ether oxygens (including phenoxy) is 1. The Balaban J connectivity index is 1.80. The van der Waals surface area contributed by atoms with Crippen LogP contribution in [0.1, 0.15) is 25.5 Å². The van der Waals surface area contributed by atoms with Gasteiger partial charge in [-0.1, -0.05) is 42.5 Å². The molecule has 2 N–H and O–H groups in total. The molecule has 1 aliphatic heterocycles. The smallest absolute Gasteiger partial charge is 0.278 e. The second-order valence-electron chi connectivity index (χ2n) is 5.69. The number of carbonyl (C=O) groups is 2. The molecular formula is C18H18N2O3. The van der Waals surface area contributed by atoms with E-state index in [1.54, 1.807) is 24.3 Å². The predicted octanol–water partition coefficient (Wildman–Crippen LogP) is 2.65. The van der Waals surface area contributed by atoms with Gasteiger partial charge >= 0.3 is 0 Å². The Morgan fingerprint density at radius 3 is 2.52 bits per heavy atom. The molecule has 2 atom stereocenters. The molecule has 2 aromatic rings. The lowest BCUT2D eigenvalue weighted by Crippen LogP contribution is -2.59. The quantitative estimate of drug-likeness (QED) is 0.857. The molecule has 0 bridgehead atoms. The van der Waals surface area contributed by atoms with Crippen molar-refractivity contribution in [3.63, 3.8) is 0 Å². The molecule has 2 unspecified atom stereocenters. The number of para-hydroxylation sites is 2. The summed E-state index contributed by atoms with van der Waals surface area (Å²) in [6.07, 6.45) is 0. The summed E-state index contributed by atoms with van der Waals surface area (Å²) in [5, 5.41) is 5.56. The van der Waals surface area contributed by atoms with Crippen molar-refractivity contribution in [1.82, 2.24) is 5.32 Å². The van der Waals surface area contributed by atoms with Gasteiger partial charge in [-0.15, -0.1) is 0 Å². The van der Waals surface area contributed by atoms with Crippen LogP contribution in [0.4, 0.5) is 5.69 Å². The molecule has 0 saturated heterocycles. The van der Waals surface area contributed by atoms with Crippen LogP contribution in [0.5, 0.6) is 5.75 Å². The van der Waals surface area contributed by atoms with Crippen LogP contribution in [0.15, 0.2) is 54.6 Å². The molecule has 0 fully saturated rings. The molecule has 5 heteroatoms. The average molecular weight is 310 g/mol. The molecule has 0 aliphatic carbocycles. The number of amides is 2. The SMILES string of the molecule is CC(NC(=O)C1(C)Oc2ccccc2NC1=O)c1ccccc1. The molecular weight excluding hydrogens is 292 g/mol. The first-order valence-corrected chi connectivity index (χ1v) is 7.46. The Hall–Kier alpha value is -2.82. The van der Waals surface area contributed by atoms with Crippen LogP contribution < -0.4 is 15.4 Å². The van der Waals surface area contributed by atoms with E-state index in [9.17, 15) is 9.59 Å². The number of nitrogens with one attached hydrogen (secondary N) is 2. The molecule has 2 aromatic carbocycles. The van der Waals surface area contributed by atoms with Crippen LogP contribution in [-0.4, -0.2) is 17.4 Å². The Kier molecular flexibility index (Phi) is 3.78. The third kappa shape index (κ3) is 2.77. The van der Waals surface area contributed by atoms with Gasteiger partial charge in [-0.2, -0.15) is 0 Å². The van der Waals surface area contributed by atoms with Crippen LogP contribution in [0.25, 0.3) is 0 Å². The minimum atomic E-state index is -1.60. The van der Waals surface area contributed by atoms with Gasteiger partial charge in [-0.05, 0) is 31.5 Å². The highest BCUT2D eigenvalue weighted by molar-refractivity contribution is 6.15. The van der Waals surface area contributed by atoms with Crippen molar-refractivity contribution < 1.29 is 14.3 Å². The number of hydrogen-bond donors (Lipinski definition) is 2. The van der Waals surface area contributed by atoms with Crippen LogP contribution >= 0.6 is 0 Å². The van der Waals surface area contributed by atoms with Crippen LogP contribution in [0.3, 0.4) is 0 Å². The van der Waals surface area contributed by atoms with Gasteiger partial charge in [0.2, 0.25) is 0 Å². The van der Waals surface area contributed by atoms with Crippen LogP contribution in [-0.2, 0) is 9.59 Å². The van der Waals surface area contributed by atoms with E-state index >= 15 is 0 Å². The number of fused-ring (bicyclic) bond motifs is 1. The molecule has 5 nitrogen and oxygen atoms in total. The largest absolute Gasteiger partial charge is 0.466 e. The number of carbonyl (C=O) groups excluding carboxylic acids is 2. The average Bonchev–Trinajstić information content (AvgIpc) is 2.56. The maximum Gasteiger partial charge on any atom is 0.278 e. The predicted molar refractivity (Wildman–Crippen MR) is 87.1 cm³/mol. The monoisotopic (exact) mass is 310 g/mol. The van der Waals surface area contributed by atoms with Gasteiger partial charge in [0.1, 0.15) is 5.75 Å². The number of anilines is 1. The highest BCUT2D eigenvalue weighted by Crippen LogP contribution is 2.33. The van der Waals surface area contributed by atoms with Gasteiger partial charge in [0.15, 0.2) is 0 Å². The molecule has 0 aromatic heterocycles. The fourth-order valence-electron chi connectivity index (χ4n) is 2.48. The lowest BCUT2D eigenvalue weighted by molar-refractivity contribution is -0.147. The van der Waals surface area contributed by atoms with E-state index in [4.69, 9.17) is 4.74 Å². The van der Waals surface area contributed by atoms with Gasteiger partial charge in [0, 0.05) is 0 Å². The summed E-state index contributed by atoms with van der Waals surface area (Å²) in [5.41, 5.74) is -0.0721. The van der Waals surface area contributed by atoms with E-state index in [0.29, 0.717) is 11.4 Å². The van der Waals surface area contributed by atoms with Gasteiger partial charge in [0.25, 0.3) is 17.4 Å². The Labute approximate surface area is 134 Å². The summed E-state index contributed by atoms with van der Waals surface area (Å²) in [6.45, 7) is 3.34. The minimum absolute atomic E-state index is 0.228. The van der Waals surface area contributed by atoms with E-state index in [-0.39, 0.29) is 6.04 Å². The van der Waals surface area contributed by atoms with Crippen molar-refractivity contribution in [1.29, 1.82) is 0 Å². The van der Waals surface area contributed by atoms with Crippen LogP contribution in [0, 0.1) is 0 Å². The van der Waals surface area contributed by atoms with Crippen molar-refractivity contribution in [3.05, 3.63) is 60.2 Å². The normalized spacial score (nSPS) is 20.7. The van der Waals surface area contributed by atoms with Crippen LogP contribution in [0.2, 0.25) is 0 Å². The highest BCUT2D eigenvalue weighted by atomic mass is 16.5. The number of hydrogen-bond acceptors (Lipinski definition) is 3. The van der Waals surface area contributed by atoms with Gasteiger partial charge in [-0.3, -0.25) is 9.59 Å². The minimum Gasteiger partial charge on any atom is -0.466 e. The lowest BCUT2D eigenvalue weighted by atomic mass is 10.00. The second-order valence-corrected chi connectivity index (χ2v) is 5.69. The van der Waals surface area contributed by atoms with E-state index in [1.165, 1.54) is 6.92 Å². The first kappa shape index (κ1) is 15.1. The van der Waals surface area contributed by atoms with E-state index in [1.807, 2.05) is 37.3 Å². The lowest BCUT2D eigenvalue weighted by Gasteiger charge is -2.34. The molecule has 118 valence electrons. The van der Waals surface area contributed by atoms with E-state index in [0.717, 1.165) is 5.56 Å². The fraction of sp³-hybridized carbons (Fsp3) is 0.222. The maximum atomic E-state index is 12.6. The summed E-state index contributed by atoms with van der Waals surface area (Å²) in [6, 6.07) is 16.4. The molecule has 0 spiro atoms. The zero-order chi connectivity index (χ0) is 16.4. The summed E-state index contributed by atoms with van der Waals surface area (Å²) < 4.78 is 5.71. The summed E-state index contributed by atoms with van der Waals surface area (Å²) in [5.74, 6) is -0.466. The maximum absolute atomic E-state index is 12.6. The molecule has 2 amide bonds. The Bertz CT molecular complexity index is 745. The van der Waals surface area contributed by atoms with E-state index in [2.05, 4.69) is 10.6 Å². The first-order valence-electron chi connectivity index (χ1n) is 7.46. The number of benzene rings is 2. The topological polar surface area (TPSA) is 67.4 Å². The van der Waals surface area contributed by atoms with Gasteiger partial charge in [-0.25, -0.2) is 0 Å². The molecule has 23 heavy (non-hydrogen) atoms. The van der Waals surface area contributed by atoms with Crippen molar-refractivity contribution >= 4 is 17.5 Å². The number of rotatable bonds is 3. The van der Waals surface area contributed by atoms with Crippen molar-refractivity contribution in [3.8, 4) is 5.75 Å². The van der Waals surface area contributed by atoms with Crippen molar-refractivity contribution in [2.75, 3.05) is 5.32 Å². The highest BCUT2D eigenvalue weighted by Gasteiger charge is 2.47. The van der Waals surface area contributed by atoms with Gasteiger partial charge < -0.3 is 15.4 Å². The first-order chi connectivity index (χ1) is 11.0. The standard InChI is InChI=1S/C18H18N2O3/c1-12(13-8-4-3-5-9-13)19-16(21)18(2)17(22)20-14-10-6-7-11-15(14)23-18/h3-12H,1-2H3,(H,19,21)(H,20,22). The third-order valence-electron chi connectivity index (χ3n) is 3.96. The van der Waals surface area contributed by atoms with Crippen molar-refractivity contribution in [2.24, 2.45) is 0 Å². The summed E-state index contributed by atoms with van der Waals surface area (Å²) in [4.78, 5) is 25.0. The molecule has 0 radical (unpaired) electrons. The Morgan fingerprint density at radius 1 is 1.13 bits per heavy atom. The molecule has 3 rings (SSSR count). The second kappa shape index (κ2) is 5.76. The zero-order valence-corrected chi connectivity index (χ0v) is 13.0. The molecule has 0 saturated carbocycles. The van der Waals surface area contributed by atoms with Gasteiger partial charge in [0.05, 0.1) is 11.7 Å².